The van der Waals surface area contributed by atoms with Crippen LogP contribution in [0.1, 0.15) is 78.4 Å². The Kier molecular flexibility index (Phi) is 13.6. The van der Waals surface area contributed by atoms with E-state index in [1.807, 2.05) is 0 Å². The highest BCUT2D eigenvalue weighted by atomic mass is 16.7. The fourth-order valence-corrected chi connectivity index (χ4v) is 4.40. The van der Waals surface area contributed by atoms with Crippen LogP contribution in [0.2, 0.25) is 0 Å². The molecule has 2 rings (SSSR count). The van der Waals surface area contributed by atoms with E-state index in [1.165, 1.54) is 23.6 Å². The van der Waals surface area contributed by atoms with E-state index >= 15 is 0 Å². The van der Waals surface area contributed by atoms with Crippen molar-refractivity contribution in [2.45, 2.75) is 111 Å². The van der Waals surface area contributed by atoms with Gasteiger partial charge in [-0.2, -0.15) is 0 Å². The predicted molar refractivity (Wildman–Crippen MR) is 155 cm³/mol. The number of carbonyl (C=O) groups is 2. The molecule has 9 heteroatoms. The van der Waals surface area contributed by atoms with Crippen molar-refractivity contribution < 1.29 is 43.9 Å². The lowest BCUT2D eigenvalue weighted by molar-refractivity contribution is -0.282. The van der Waals surface area contributed by atoms with Crippen LogP contribution in [0, 0.1) is 6.92 Å². The molecule has 0 saturated carbocycles. The number of aliphatic hydroxyl groups excluding tert-OH is 2. The number of rotatable bonds is 13. The average molecular weight is 575 g/mol. The molecule has 0 aliphatic carbocycles. The van der Waals surface area contributed by atoms with Crippen LogP contribution in [-0.4, -0.2) is 64.6 Å². The minimum absolute atomic E-state index is 0.0967. The first-order valence-electron chi connectivity index (χ1n) is 14.0. The number of hydrogen-bond acceptors (Lipinski definition) is 9. The quantitative estimate of drug-likeness (QED) is 0.220. The Hall–Kier alpha value is -3.14. The van der Waals surface area contributed by atoms with Crippen LogP contribution in [0.4, 0.5) is 0 Å². The van der Waals surface area contributed by atoms with Crippen molar-refractivity contribution in [3.8, 4) is 11.5 Å². The van der Waals surface area contributed by atoms with Gasteiger partial charge in [-0.1, -0.05) is 34.9 Å². The average Bonchev–Trinajstić information content (AvgIpc) is 2.88. The van der Waals surface area contributed by atoms with E-state index in [-0.39, 0.29) is 12.4 Å². The molecule has 0 aromatic heterocycles. The van der Waals surface area contributed by atoms with E-state index in [0.717, 1.165) is 32.6 Å². The van der Waals surface area contributed by atoms with Gasteiger partial charge in [-0.05, 0) is 84.4 Å². The first-order valence-corrected chi connectivity index (χ1v) is 14.0. The van der Waals surface area contributed by atoms with Crippen molar-refractivity contribution in [2.24, 2.45) is 0 Å². The van der Waals surface area contributed by atoms with E-state index in [4.69, 9.17) is 18.9 Å². The molecular weight excluding hydrogens is 528 g/mol. The number of hydrogen-bond donors (Lipinski definition) is 3. The second kappa shape index (κ2) is 16.3. The summed E-state index contributed by atoms with van der Waals surface area (Å²) in [6.07, 6.45) is 4.12. The molecule has 228 valence electrons. The molecule has 3 N–H and O–H groups in total. The van der Waals surface area contributed by atoms with Gasteiger partial charge in [-0.25, -0.2) is 0 Å². The zero-order chi connectivity index (χ0) is 30.7. The van der Waals surface area contributed by atoms with Gasteiger partial charge >= 0.3 is 11.9 Å². The van der Waals surface area contributed by atoms with E-state index in [9.17, 15) is 24.9 Å². The molecule has 0 radical (unpaired) electrons. The first kappa shape index (κ1) is 34.1. The largest absolute Gasteiger partial charge is 0.508 e. The zero-order valence-electron chi connectivity index (χ0n) is 25.3. The van der Waals surface area contributed by atoms with Crippen LogP contribution in [0.15, 0.2) is 47.1 Å². The number of aryl methyl sites for hydroxylation is 1. The van der Waals surface area contributed by atoms with Crippen molar-refractivity contribution in [1.82, 2.24) is 0 Å². The van der Waals surface area contributed by atoms with Gasteiger partial charge in [0.25, 0.3) is 0 Å². The van der Waals surface area contributed by atoms with Crippen LogP contribution in [0.25, 0.3) is 0 Å². The number of esters is 2. The number of phenolic OH excluding ortho intramolecular Hbond substituents is 1. The Balaban J connectivity index is 2.18. The lowest BCUT2D eigenvalue weighted by Gasteiger charge is -2.41. The fraction of sp³-hybridized carbons (Fsp3) is 0.562. The van der Waals surface area contributed by atoms with Gasteiger partial charge in [-0.15, -0.1) is 0 Å². The van der Waals surface area contributed by atoms with Crippen molar-refractivity contribution in [1.29, 1.82) is 0 Å². The monoisotopic (exact) mass is 574 g/mol. The summed E-state index contributed by atoms with van der Waals surface area (Å²) in [4.78, 5) is 23.0. The van der Waals surface area contributed by atoms with Gasteiger partial charge in [0.15, 0.2) is 12.2 Å². The number of aliphatic hydroxyl groups is 2. The fourth-order valence-electron chi connectivity index (χ4n) is 4.40. The minimum atomic E-state index is -1.53. The summed E-state index contributed by atoms with van der Waals surface area (Å²) in [7, 11) is 0. The van der Waals surface area contributed by atoms with Crippen LogP contribution < -0.4 is 4.74 Å². The number of ether oxygens (including phenoxy) is 4. The number of aromatic hydroxyl groups is 1. The summed E-state index contributed by atoms with van der Waals surface area (Å²) < 4.78 is 22.0. The standard InChI is InChI=1S/C32H46O9/c1-19(2)10-8-11-20(3)12-9-13-21(4)14-15-25-17-26(35)22(5)16-27(25)40-32-30(37)31(39-24(7)34)29(36)28(41-32)18-38-23(6)33/h10,12,14,16-17,28-32,35-37H,8-9,11,13,15,18H2,1-7H3. The third-order valence-electron chi connectivity index (χ3n) is 6.81. The highest BCUT2D eigenvalue weighted by molar-refractivity contribution is 5.66. The normalized spacial score (nSPS) is 23.1. The molecule has 1 aliphatic heterocycles. The molecule has 5 unspecified atom stereocenters. The van der Waals surface area contributed by atoms with Gasteiger partial charge in [0, 0.05) is 19.4 Å². The van der Waals surface area contributed by atoms with Crippen LogP contribution >= 0.6 is 0 Å². The van der Waals surface area contributed by atoms with Gasteiger partial charge in [-0.3, -0.25) is 9.59 Å². The summed E-state index contributed by atoms with van der Waals surface area (Å²) in [5.41, 5.74) is 5.08. The molecule has 9 nitrogen and oxygen atoms in total. The Morgan fingerprint density at radius 2 is 1.54 bits per heavy atom. The SMILES string of the molecule is CC(=O)OCC1OC(Oc2cc(C)c(O)cc2CC=C(C)CCC=C(C)CCC=C(C)C)C(O)C(OC(C)=O)C1O. The molecule has 0 amide bonds. The maximum Gasteiger partial charge on any atom is 0.303 e. The molecule has 1 fully saturated rings. The summed E-state index contributed by atoms with van der Waals surface area (Å²) in [5, 5.41) is 31.9. The van der Waals surface area contributed by atoms with E-state index in [1.54, 1.807) is 19.1 Å². The third kappa shape index (κ3) is 11.3. The summed E-state index contributed by atoms with van der Waals surface area (Å²) in [6.45, 7) is 12.2. The molecule has 5 atom stereocenters. The van der Waals surface area contributed by atoms with Gasteiger partial charge in [0.2, 0.25) is 6.29 Å². The molecule has 1 aromatic carbocycles. The molecule has 1 saturated heterocycles. The maximum atomic E-state index is 11.7. The third-order valence-corrected chi connectivity index (χ3v) is 6.81. The Labute approximate surface area is 243 Å². The van der Waals surface area contributed by atoms with E-state index < -0.39 is 42.6 Å². The highest BCUT2D eigenvalue weighted by Gasteiger charge is 2.48. The Morgan fingerprint density at radius 3 is 2.15 bits per heavy atom. The van der Waals surface area contributed by atoms with Crippen molar-refractivity contribution >= 4 is 11.9 Å². The van der Waals surface area contributed by atoms with Crippen molar-refractivity contribution in [2.75, 3.05) is 6.61 Å². The summed E-state index contributed by atoms with van der Waals surface area (Å²) in [6, 6.07) is 3.24. The molecule has 1 aliphatic rings. The molecule has 0 bridgehead atoms. The lowest BCUT2D eigenvalue weighted by atomic mass is 9.98. The molecule has 1 heterocycles. The van der Waals surface area contributed by atoms with Crippen LogP contribution in [0.3, 0.4) is 0 Å². The molecular formula is C32H46O9. The second-order valence-corrected chi connectivity index (χ2v) is 10.9. The topological polar surface area (TPSA) is 132 Å². The van der Waals surface area contributed by atoms with E-state index in [2.05, 4.69) is 45.9 Å². The second-order valence-electron chi connectivity index (χ2n) is 10.9. The van der Waals surface area contributed by atoms with Gasteiger partial charge in [0.1, 0.15) is 30.3 Å². The predicted octanol–water partition coefficient (Wildman–Crippen LogP) is 4.98. The minimum Gasteiger partial charge on any atom is -0.508 e. The van der Waals surface area contributed by atoms with Gasteiger partial charge in [0.05, 0.1) is 0 Å². The zero-order valence-corrected chi connectivity index (χ0v) is 25.3. The molecule has 41 heavy (non-hydrogen) atoms. The Bertz CT molecular complexity index is 1130. The lowest BCUT2D eigenvalue weighted by Crippen LogP contribution is -2.61. The number of phenols is 1. The maximum absolute atomic E-state index is 11.7. The first-order chi connectivity index (χ1) is 19.3. The summed E-state index contributed by atoms with van der Waals surface area (Å²) in [5.74, 6) is -0.840. The number of carbonyl (C=O) groups excluding carboxylic acids is 2. The molecule has 1 aromatic rings. The number of benzene rings is 1. The van der Waals surface area contributed by atoms with Crippen molar-refractivity contribution in [3.05, 3.63) is 58.2 Å². The summed E-state index contributed by atoms with van der Waals surface area (Å²) >= 11 is 0. The van der Waals surface area contributed by atoms with Crippen molar-refractivity contribution in [3.63, 3.8) is 0 Å². The van der Waals surface area contributed by atoms with Crippen LogP contribution in [0.5, 0.6) is 11.5 Å². The Morgan fingerprint density at radius 1 is 0.902 bits per heavy atom. The molecule has 0 spiro atoms. The number of allylic oxidation sites excluding steroid dienone is 6. The van der Waals surface area contributed by atoms with Gasteiger partial charge < -0.3 is 34.3 Å². The van der Waals surface area contributed by atoms with Crippen LogP contribution in [-0.2, 0) is 30.2 Å². The van der Waals surface area contributed by atoms with E-state index in [0.29, 0.717) is 23.3 Å². The highest BCUT2D eigenvalue weighted by Crippen LogP contribution is 2.33. The smallest absolute Gasteiger partial charge is 0.303 e.